The Hall–Kier alpha value is -2.90. The maximum absolute atomic E-state index is 12.7. The molecule has 0 saturated carbocycles. The fraction of sp³-hybridized carbons (Fsp3) is 0.737. The van der Waals surface area contributed by atoms with Crippen molar-refractivity contribution in [2.24, 2.45) is 17.8 Å². The van der Waals surface area contributed by atoms with Crippen LogP contribution in [-0.4, -0.2) is 40.9 Å². The molecule has 1 aromatic rings. The van der Waals surface area contributed by atoms with Crippen molar-refractivity contribution in [3.8, 4) is 11.5 Å². The van der Waals surface area contributed by atoms with E-state index in [2.05, 4.69) is 39.9 Å². The number of esters is 1. The van der Waals surface area contributed by atoms with Gasteiger partial charge in [-0.2, -0.15) is 0 Å². The molecule has 4 atom stereocenters. The topological polar surface area (TPSA) is 119 Å². The maximum Gasteiger partial charge on any atom is 0.326 e. The van der Waals surface area contributed by atoms with Crippen molar-refractivity contribution in [3.63, 3.8) is 0 Å². The summed E-state index contributed by atoms with van der Waals surface area (Å²) >= 11 is 0. The fourth-order valence-electron chi connectivity index (χ4n) is 6.52. The fourth-order valence-corrected chi connectivity index (χ4v) is 6.52. The van der Waals surface area contributed by atoms with Gasteiger partial charge in [-0.3, -0.25) is 14.4 Å². The molecule has 1 amide bonds. The molecule has 1 radical (unpaired) electrons. The lowest BCUT2D eigenvalue weighted by molar-refractivity contribution is -0.142. The zero-order valence-corrected chi connectivity index (χ0v) is 29.8. The lowest BCUT2D eigenvalue weighted by Gasteiger charge is -2.38. The molecule has 8 nitrogen and oxygen atoms in total. The SMILES string of the molecule is Cc1c(C)c2c(c(C)c1OC(=O)CCC(=O)N[C@@H](CC[C]=O)C(=O)O)CC[C@@](C)(CCC[C@H](C)CCC[C@H](C)CCCC(C)C)O2. The van der Waals surface area contributed by atoms with E-state index in [0.29, 0.717) is 5.75 Å². The summed E-state index contributed by atoms with van der Waals surface area (Å²) in [6.45, 7) is 17.5. The summed E-state index contributed by atoms with van der Waals surface area (Å²) in [5.41, 5.74) is 3.50. The summed E-state index contributed by atoms with van der Waals surface area (Å²) in [5.74, 6) is 1.35. The molecule has 0 aliphatic carbocycles. The summed E-state index contributed by atoms with van der Waals surface area (Å²) in [4.78, 5) is 46.7. The van der Waals surface area contributed by atoms with Gasteiger partial charge in [0.15, 0.2) is 6.29 Å². The predicted molar refractivity (Wildman–Crippen MR) is 182 cm³/mol. The molecule has 2 N–H and O–H groups in total. The molecular formula is C38H60NO7. The minimum atomic E-state index is -1.24. The molecule has 1 heterocycles. The van der Waals surface area contributed by atoms with Gasteiger partial charge in [0, 0.05) is 18.4 Å². The molecule has 46 heavy (non-hydrogen) atoms. The van der Waals surface area contributed by atoms with Gasteiger partial charge in [-0.25, -0.2) is 4.79 Å². The van der Waals surface area contributed by atoms with E-state index in [1.165, 1.54) is 44.9 Å². The highest BCUT2D eigenvalue weighted by Gasteiger charge is 2.35. The molecule has 0 spiro atoms. The zero-order valence-electron chi connectivity index (χ0n) is 29.8. The summed E-state index contributed by atoms with van der Waals surface area (Å²) in [6, 6.07) is -1.20. The number of carbonyl (C=O) groups excluding carboxylic acids is 3. The second-order valence-electron chi connectivity index (χ2n) is 14.5. The van der Waals surface area contributed by atoms with Gasteiger partial charge in [-0.05, 0) is 94.2 Å². The van der Waals surface area contributed by atoms with Crippen LogP contribution in [0.25, 0.3) is 0 Å². The molecule has 0 fully saturated rings. The molecule has 0 unspecified atom stereocenters. The van der Waals surface area contributed by atoms with Gasteiger partial charge in [0.05, 0.1) is 6.42 Å². The Labute approximate surface area is 277 Å². The third-order valence-electron chi connectivity index (χ3n) is 9.78. The first-order chi connectivity index (χ1) is 21.7. The van der Waals surface area contributed by atoms with Crippen molar-refractivity contribution in [3.05, 3.63) is 22.3 Å². The Morgan fingerprint density at radius 2 is 1.50 bits per heavy atom. The number of hydrogen-bond acceptors (Lipinski definition) is 6. The van der Waals surface area contributed by atoms with Crippen molar-refractivity contribution < 1.29 is 33.8 Å². The summed E-state index contributed by atoms with van der Waals surface area (Å²) < 4.78 is 12.5. The number of carboxylic acids is 1. The summed E-state index contributed by atoms with van der Waals surface area (Å²) in [7, 11) is 0. The molecule has 8 heteroatoms. The van der Waals surface area contributed by atoms with Crippen LogP contribution in [0.3, 0.4) is 0 Å². The molecule has 0 bridgehead atoms. The maximum atomic E-state index is 12.7. The van der Waals surface area contributed by atoms with Crippen molar-refractivity contribution in [2.75, 3.05) is 0 Å². The molecule has 259 valence electrons. The monoisotopic (exact) mass is 642 g/mol. The molecule has 1 aliphatic rings. The molecule has 2 rings (SSSR count). The summed E-state index contributed by atoms with van der Waals surface area (Å²) in [6.07, 6.45) is 14.1. The van der Waals surface area contributed by atoms with Gasteiger partial charge in [0.1, 0.15) is 23.1 Å². The van der Waals surface area contributed by atoms with Crippen LogP contribution < -0.4 is 14.8 Å². The van der Waals surface area contributed by atoms with E-state index in [4.69, 9.17) is 9.47 Å². The van der Waals surface area contributed by atoms with Crippen LogP contribution in [0.4, 0.5) is 0 Å². The number of ether oxygens (including phenoxy) is 2. The Bertz CT molecular complexity index is 1180. The first kappa shape index (κ1) is 39.3. The van der Waals surface area contributed by atoms with Gasteiger partial charge in [-0.1, -0.05) is 72.6 Å². The largest absolute Gasteiger partial charge is 0.487 e. The number of nitrogens with one attached hydrogen (secondary N) is 1. The Kier molecular flexibility index (Phi) is 16.3. The second-order valence-corrected chi connectivity index (χ2v) is 14.5. The van der Waals surface area contributed by atoms with E-state index in [9.17, 15) is 24.3 Å². The van der Waals surface area contributed by atoms with Crippen molar-refractivity contribution in [1.82, 2.24) is 5.32 Å². The number of hydrogen-bond donors (Lipinski definition) is 2. The first-order valence-electron chi connectivity index (χ1n) is 17.6. The summed E-state index contributed by atoms with van der Waals surface area (Å²) in [5, 5.41) is 11.6. The van der Waals surface area contributed by atoms with Crippen LogP contribution in [0.1, 0.15) is 147 Å². The van der Waals surface area contributed by atoms with Crippen LogP contribution >= 0.6 is 0 Å². The Balaban J connectivity index is 1.89. The van der Waals surface area contributed by atoms with Crippen LogP contribution in [-0.2, 0) is 25.6 Å². The van der Waals surface area contributed by atoms with Gasteiger partial charge in [0.2, 0.25) is 5.91 Å². The third-order valence-corrected chi connectivity index (χ3v) is 9.78. The van der Waals surface area contributed by atoms with E-state index in [-0.39, 0.29) is 31.3 Å². The van der Waals surface area contributed by atoms with E-state index < -0.39 is 23.9 Å². The number of benzene rings is 1. The molecule has 0 aromatic heterocycles. The lowest BCUT2D eigenvalue weighted by Crippen LogP contribution is -2.41. The number of carboxylic acid groups (broad SMARTS) is 1. The van der Waals surface area contributed by atoms with Crippen LogP contribution in [0.5, 0.6) is 11.5 Å². The van der Waals surface area contributed by atoms with Gasteiger partial charge in [0.25, 0.3) is 0 Å². The van der Waals surface area contributed by atoms with Crippen molar-refractivity contribution >= 4 is 24.1 Å². The van der Waals surface area contributed by atoms with Gasteiger partial charge in [-0.15, -0.1) is 0 Å². The van der Waals surface area contributed by atoms with Crippen molar-refractivity contribution in [2.45, 2.75) is 163 Å². The minimum Gasteiger partial charge on any atom is -0.487 e. The average Bonchev–Trinajstić information content (AvgIpc) is 2.98. The quantitative estimate of drug-likeness (QED) is 0.102. The molecule has 0 saturated heterocycles. The van der Waals surface area contributed by atoms with Gasteiger partial charge >= 0.3 is 11.9 Å². The Morgan fingerprint density at radius 1 is 0.891 bits per heavy atom. The standard InChI is InChI=1S/C38H60NO7/c1-25(2)13-9-14-26(3)15-10-16-27(4)17-11-22-38(8)23-21-31-30(7)35(28(5)29(6)36(31)46-38)45-34(42)20-19-33(41)39-32(37(43)44)18-12-24-40/h25-27,32H,9-23H2,1-8H3,(H,39,41)(H,43,44)/t26-,27-,32+,38-/m1/s1. The molecule has 1 aromatic carbocycles. The van der Waals surface area contributed by atoms with Crippen LogP contribution in [0.2, 0.25) is 0 Å². The zero-order chi connectivity index (χ0) is 34.4. The number of aliphatic carboxylic acids is 1. The number of amides is 1. The van der Waals surface area contributed by atoms with Gasteiger partial charge < -0.3 is 19.9 Å². The normalized spacial score (nSPS) is 17.8. The number of rotatable bonds is 21. The highest BCUT2D eigenvalue weighted by molar-refractivity contribution is 5.86. The Morgan fingerprint density at radius 3 is 2.09 bits per heavy atom. The minimum absolute atomic E-state index is 0.0552. The van der Waals surface area contributed by atoms with Crippen LogP contribution in [0, 0.1) is 38.5 Å². The average molecular weight is 643 g/mol. The van der Waals surface area contributed by atoms with Crippen LogP contribution in [0.15, 0.2) is 0 Å². The van der Waals surface area contributed by atoms with E-state index >= 15 is 0 Å². The highest BCUT2D eigenvalue weighted by atomic mass is 16.5. The van der Waals surface area contributed by atoms with E-state index in [0.717, 1.165) is 71.4 Å². The molecule has 1 aliphatic heterocycles. The first-order valence-corrected chi connectivity index (χ1v) is 17.6. The molecular weight excluding hydrogens is 582 g/mol. The number of carbonyl (C=O) groups is 3. The smallest absolute Gasteiger partial charge is 0.326 e. The van der Waals surface area contributed by atoms with Crippen molar-refractivity contribution in [1.29, 1.82) is 0 Å². The third kappa shape index (κ3) is 12.7. The van der Waals surface area contributed by atoms with E-state index in [1.54, 1.807) is 6.29 Å². The highest BCUT2D eigenvalue weighted by Crippen LogP contribution is 2.45. The lowest BCUT2D eigenvalue weighted by atomic mass is 9.83. The van der Waals surface area contributed by atoms with E-state index in [1.807, 2.05) is 20.8 Å². The number of fused-ring (bicyclic) bond motifs is 1. The predicted octanol–water partition coefficient (Wildman–Crippen LogP) is 8.28. The second kappa shape index (κ2) is 19.0.